The van der Waals surface area contributed by atoms with E-state index < -0.39 is 0 Å². The number of carbonyl (C=O) groups excluding carboxylic acids is 1. The first kappa shape index (κ1) is 15.8. The number of furan rings is 1. The Hall–Kier alpha value is -3.08. The molecule has 0 spiro atoms. The molecule has 3 rings (SSSR count). The molecule has 2 aromatic heterocycles. The van der Waals surface area contributed by atoms with Crippen LogP contribution in [0.25, 0.3) is 0 Å². The van der Waals surface area contributed by atoms with Gasteiger partial charge in [-0.2, -0.15) is 0 Å². The van der Waals surface area contributed by atoms with E-state index in [0.29, 0.717) is 12.1 Å². The topological polar surface area (TPSA) is 67.2 Å². The van der Waals surface area contributed by atoms with Crippen molar-refractivity contribution in [1.82, 2.24) is 4.98 Å². The van der Waals surface area contributed by atoms with Gasteiger partial charge in [-0.15, -0.1) is 0 Å². The molecule has 0 aliphatic rings. The maximum absolute atomic E-state index is 12.4. The van der Waals surface area contributed by atoms with E-state index in [-0.39, 0.29) is 5.91 Å². The van der Waals surface area contributed by atoms with Crippen molar-refractivity contribution in [2.75, 3.05) is 10.6 Å². The number of carbonyl (C=O) groups is 1. The zero-order valence-electron chi connectivity index (χ0n) is 13.7. The number of aryl methyl sites for hydroxylation is 2. The Kier molecular flexibility index (Phi) is 4.61. The second-order valence-electron chi connectivity index (χ2n) is 5.73. The minimum absolute atomic E-state index is 0.186. The predicted octanol–water partition coefficient (Wildman–Crippen LogP) is 4.16. The van der Waals surface area contributed by atoms with Crippen LogP contribution in [0, 0.1) is 13.8 Å². The minimum atomic E-state index is -0.186. The van der Waals surface area contributed by atoms with E-state index in [9.17, 15) is 4.79 Å². The normalized spacial score (nSPS) is 10.4. The summed E-state index contributed by atoms with van der Waals surface area (Å²) >= 11 is 0. The van der Waals surface area contributed by atoms with E-state index in [4.69, 9.17) is 4.42 Å². The molecule has 0 fully saturated rings. The number of nitrogens with zero attached hydrogens (tertiary/aromatic N) is 1. The summed E-state index contributed by atoms with van der Waals surface area (Å²) in [7, 11) is 0. The summed E-state index contributed by atoms with van der Waals surface area (Å²) in [5, 5.41) is 6.10. The van der Waals surface area contributed by atoms with Crippen molar-refractivity contribution < 1.29 is 9.21 Å². The average Bonchev–Trinajstić information content (AvgIpc) is 3.05. The number of anilines is 2. The second kappa shape index (κ2) is 7.00. The van der Waals surface area contributed by atoms with Gasteiger partial charge in [-0.3, -0.25) is 9.78 Å². The first-order chi connectivity index (χ1) is 11.6. The van der Waals surface area contributed by atoms with E-state index in [1.165, 1.54) is 0 Å². The molecule has 0 atom stereocenters. The molecule has 5 heteroatoms. The summed E-state index contributed by atoms with van der Waals surface area (Å²) in [6, 6.07) is 11.4. The predicted molar refractivity (Wildman–Crippen MR) is 94.1 cm³/mol. The lowest BCUT2D eigenvalue weighted by molar-refractivity contribution is 0.102. The van der Waals surface area contributed by atoms with E-state index in [0.717, 1.165) is 28.3 Å². The Bertz CT molecular complexity index is 821. The number of pyridine rings is 1. The highest BCUT2D eigenvalue weighted by Crippen LogP contribution is 2.16. The van der Waals surface area contributed by atoms with Gasteiger partial charge in [-0.1, -0.05) is 6.07 Å². The van der Waals surface area contributed by atoms with Gasteiger partial charge in [0.25, 0.3) is 5.91 Å². The van der Waals surface area contributed by atoms with E-state index >= 15 is 0 Å². The van der Waals surface area contributed by atoms with Crippen molar-refractivity contribution in [3.05, 3.63) is 77.5 Å². The second-order valence-corrected chi connectivity index (χ2v) is 5.73. The maximum Gasteiger partial charge on any atom is 0.257 e. The molecule has 24 heavy (non-hydrogen) atoms. The van der Waals surface area contributed by atoms with Crippen LogP contribution in [0.15, 0.2) is 59.5 Å². The first-order valence-electron chi connectivity index (χ1n) is 7.71. The van der Waals surface area contributed by atoms with Crippen LogP contribution in [-0.4, -0.2) is 10.9 Å². The Morgan fingerprint density at radius 3 is 2.58 bits per heavy atom. The monoisotopic (exact) mass is 321 g/mol. The van der Waals surface area contributed by atoms with Crippen molar-refractivity contribution in [1.29, 1.82) is 0 Å². The summed E-state index contributed by atoms with van der Waals surface area (Å²) < 4.78 is 5.27. The highest BCUT2D eigenvalue weighted by molar-refractivity contribution is 6.04. The largest absolute Gasteiger partial charge is 0.467 e. The maximum atomic E-state index is 12.4. The van der Waals surface area contributed by atoms with Crippen molar-refractivity contribution in [3.8, 4) is 0 Å². The molecule has 122 valence electrons. The molecule has 0 radical (unpaired) electrons. The molecular weight excluding hydrogens is 302 g/mol. The van der Waals surface area contributed by atoms with Crippen molar-refractivity contribution in [3.63, 3.8) is 0 Å². The fraction of sp³-hybridized carbons (Fsp3) is 0.158. The van der Waals surface area contributed by atoms with E-state index in [2.05, 4.69) is 21.7 Å². The number of amides is 1. The van der Waals surface area contributed by atoms with Crippen LogP contribution >= 0.6 is 0 Å². The SMILES string of the molecule is Cc1cc(C)cc(NC(=O)c2cncc(NCc3ccco3)c2)c1. The molecule has 0 aliphatic heterocycles. The number of hydrogen-bond acceptors (Lipinski definition) is 4. The van der Waals surface area contributed by atoms with Gasteiger partial charge in [0.05, 0.1) is 24.1 Å². The van der Waals surface area contributed by atoms with Gasteiger partial charge >= 0.3 is 0 Å². The van der Waals surface area contributed by atoms with Gasteiger partial charge in [-0.25, -0.2) is 0 Å². The van der Waals surface area contributed by atoms with Gasteiger partial charge in [0, 0.05) is 18.1 Å². The van der Waals surface area contributed by atoms with Gasteiger partial charge < -0.3 is 15.1 Å². The Morgan fingerprint density at radius 1 is 1.08 bits per heavy atom. The van der Waals surface area contributed by atoms with Gasteiger partial charge in [0.2, 0.25) is 0 Å². The molecule has 5 nitrogen and oxygen atoms in total. The summed E-state index contributed by atoms with van der Waals surface area (Å²) in [6.45, 7) is 4.55. The fourth-order valence-corrected chi connectivity index (χ4v) is 2.51. The van der Waals surface area contributed by atoms with Crippen LogP contribution < -0.4 is 10.6 Å². The lowest BCUT2D eigenvalue weighted by Crippen LogP contribution is -2.13. The number of aromatic nitrogens is 1. The molecule has 0 saturated heterocycles. The first-order valence-corrected chi connectivity index (χ1v) is 7.71. The molecule has 1 amide bonds. The van der Waals surface area contributed by atoms with Crippen LogP contribution in [0.1, 0.15) is 27.2 Å². The molecule has 0 unspecified atom stereocenters. The highest BCUT2D eigenvalue weighted by atomic mass is 16.3. The van der Waals surface area contributed by atoms with Gasteiger partial charge in [0.15, 0.2) is 0 Å². The number of hydrogen-bond donors (Lipinski definition) is 2. The van der Waals surface area contributed by atoms with Crippen LogP contribution in [0.4, 0.5) is 11.4 Å². The summed E-state index contributed by atoms with van der Waals surface area (Å²) in [5.41, 5.74) is 4.26. The van der Waals surface area contributed by atoms with Gasteiger partial charge in [0.1, 0.15) is 5.76 Å². The van der Waals surface area contributed by atoms with Crippen LogP contribution in [0.5, 0.6) is 0 Å². The summed E-state index contributed by atoms with van der Waals surface area (Å²) in [6.07, 6.45) is 4.86. The third kappa shape index (κ3) is 4.01. The molecule has 0 bridgehead atoms. The third-order valence-corrected chi connectivity index (χ3v) is 3.53. The highest BCUT2D eigenvalue weighted by Gasteiger charge is 2.08. The van der Waals surface area contributed by atoms with Crippen LogP contribution in [0.2, 0.25) is 0 Å². The summed E-state index contributed by atoms with van der Waals surface area (Å²) in [5.74, 6) is 0.634. The van der Waals surface area contributed by atoms with Crippen molar-refractivity contribution >= 4 is 17.3 Å². The molecule has 1 aromatic carbocycles. The zero-order valence-corrected chi connectivity index (χ0v) is 13.7. The zero-order chi connectivity index (χ0) is 16.9. The smallest absolute Gasteiger partial charge is 0.257 e. The number of rotatable bonds is 5. The Balaban J connectivity index is 1.69. The van der Waals surface area contributed by atoms with Crippen LogP contribution in [0.3, 0.4) is 0 Å². The number of nitrogens with one attached hydrogen (secondary N) is 2. The van der Waals surface area contributed by atoms with E-state index in [1.54, 1.807) is 24.7 Å². The minimum Gasteiger partial charge on any atom is -0.467 e. The molecule has 2 N–H and O–H groups in total. The Labute approximate surface area is 140 Å². The van der Waals surface area contributed by atoms with Crippen molar-refractivity contribution in [2.24, 2.45) is 0 Å². The molecule has 0 saturated carbocycles. The average molecular weight is 321 g/mol. The molecule has 2 heterocycles. The lowest BCUT2D eigenvalue weighted by Gasteiger charge is -2.09. The van der Waals surface area contributed by atoms with Gasteiger partial charge in [-0.05, 0) is 55.3 Å². The van der Waals surface area contributed by atoms with Crippen molar-refractivity contribution in [2.45, 2.75) is 20.4 Å². The standard InChI is InChI=1S/C19H19N3O2/c1-13-6-14(2)8-16(7-13)22-19(23)15-9-17(11-20-10-15)21-12-18-4-3-5-24-18/h3-11,21H,12H2,1-2H3,(H,22,23). The molecular formula is C19H19N3O2. The molecule has 0 aliphatic carbocycles. The fourth-order valence-electron chi connectivity index (χ4n) is 2.51. The molecule has 3 aromatic rings. The van der Waals surface area contributed by atoms with Crippen LogP contribution in [-0.2, 0) is 6.54 Å². The number of benzene rings is 1. The Morgan fingerprint density at radius 2 is 1.88 bits per heavy atom. The van der Waals surface area contributed by atoms with E-state index in [1.807, 2.05) is 38.1 Å². The summed E-state index contributed by atoms with van der Waals surface area (Å²) in [4.78, 5) is 16.6. The lowest BCUT2D eigenvalue weighted by atomic mass is 10.1. The quantitative estimate of drug-likeness (QED) is 0.740. The third-order valence-electron chi connectivity index (χ3n) is 3.53.